The fourth-order valence-electron chi connectivity index (χ4n) is 4.98. The summed E-state index contributed by atoms with van der Waals surface area (Å²) in [5.74, 6) is -2.25. The quantitative estimate of drug-likeness (QED) is 0.560. The molecule has 2 aromatic rings. The topological polar surface area (TPSA) is 116 Å². The van der Waals surface area contributed by atoms with Gasteiger partial charge >= 0.3 is 12.1 Å². The van der Waals surface area contributed by atoms with Crippen LogP contribution in [0, 0.1) is 11.3 Å². The number of fused-ring (bicyclic) bond motifs is 3. The molecule has 1 aliphatic carbocycles. The standard InChI is InChI=1S/C27H32N2O6/c1-26(2,3)12-17(23(30)29-15-27(34,16-29)24(31)32)13-28-25(33)35-14-22-20-10-6-4-8-18(20)19-9-5-7-11-21(19)22/h4-11,17,22,34H,12-16H2,1-3H3,(H,28,33)(H,31,32). The fourth-order valence-corrected chi connectivity index (χ4v) is 4.98. The van der Waals surface area contributed by atoms with Crippen molar-refractivity contribution in [3.63, 3.8) is 0 Å². The van der Waals surface area contributed by atoms with Gasteiger partial charge in [-0.25, -0.2) is 9.59 Å². The molecule has 35 heavy (non-hydrogen) atoms. The van der Waals surface area contributed by atoms with E-state index in [0.29, 0.717) is 6.42 Å². The number of aliphatic carboxylic acids is 1. The van der Waals surface area contributed by atoms with Gasteiger partial charge in [0.15, 0.2) is 5.60 Å². The third kappa shape index (κ3) is 5.17. The van der Waals surface area contributed by atoms with Gasteiger partial charge in [-0.1, -0.05) is 69.3 Å². The summed E-state index contributed by atoms with van der Waals surface area (Å²) in [7, 11) is 0. The molecule has 4 rings (SSSR count). The second-order valence-electron chi connectivity index (χ2n) is 10.7. The minimum absolute atomic E-state index is 0.0602. The van der Waals surface area contributed by atoms with Crippen molar-refractivity contribution in [2.45, 2.75) is 38.7 Å². The summed E-state index contributed by atoms with van der Waals surface area (Å²) >= 11 is 0. The van der Waals surface area contributed by atoms with E-state index >= 15 is 0 Å². The first-order valence-corrected chi connectivity index (χ1v) is 11.8. The Hall–Kier alpha value is -3.39. The van der Waals surface area contributed by atoms with Crippen molar-refractivity contribution in [3.05, 3.63) is 59.7 Å². The highest BCUT2D eigenvalue weighted by atomic mass is 16.5. The first-order chi connectivity index (χ1) is 16.5. The average Bonchev–Trinajstić information content (AvgIpc) is 3.10. The summed E-state index contributed by atoms with van der Waals surface area (Å²) in [5, 5.41) is 21.8. The molecule has 186 valence electrons. The smallest absolute Gasteiger partial charge is 0.407 e. The zero-order valence-corrected chi connectivity index (χ0v) is 20.3. The van der Waals surface area contributed by atoms with Gasteiger partial charge in [0, 0.05) is 12.5 Å². The van der Waals surface area contributed by atoms with Crippen LogP contribution in [0.2, 0.25) is 0 Å². The zero-order valence-electron chi connectivity index (χ0n) is 20.3. The molecule has 8 nitrogen and oxygen atoms in total. The Morgan fingerprint density at radius 2 is 1.60 bits per heavy atom. The molecule has 2 amide bonds. The monoisotopic (exact) mass is 480 g/mol. The van der Waals surface area contributed by atoms with Gasteiger partial charge in [-0.2, -0.15) is 0 Å². The van der Waals surface area contributed by atoms with Gasteiger partial charge in [0.25, 0.3) is 0 Å². The van der Waals surface area contributed by atoms with Crippen molar-refractivity contribution in [1.29, 1.82) is 0 Å². The van der Waals surface area contributed by atoms with Gasteiger partial charge in [0.2, 0.25) is 5.91 Å². The highest BCUT2D eigenvalue weighted by Gasteiger charge is 2.51. The zero-order chi connectivity index (χ0) is 25.4. The van der Waals surface area contributed by atoms with Crippen LogP contribution < -0.4 is 5.32 Å². The molecule has 1 aliphatic heterocycles. The molecule has 2 aromatic carbocycles. The van der Waals surface area contributed by atoms with Crippen molar-refractivity contribution >= 4 is 18.0 Å². The first-order valence-electron chi connectivity index (χ1n) is 11.8. The number of alkyl carbamates (subject to hydrolysis) is 1. The molecule has 0 radical (unpaired) electrons. The van der Waals surface area contributed by atoms with Crippen molar-refractivity contribution < 1.29 is 29.3 Å². The van der Waals surface area contributed by atoms with E-state index in [-0.39, 0.29) is 43.5 Å². The molecule has 3 N–H and O–H groups in total. The number of hydrogen-bond donors (Lipinski definition) is 3. The molecule has 1 heterocycles. The molecule has 2 aliphatic rings. The molecule has 0 saturated carbocycles. The number of β-amino-alcohol motifs (C(OH)–C–C–N with tert-alkyl or cyclic N) is 1. The van der Waals surface area contributed by atoms with Crippen LogP contribution in [0.4, 0.5) is 4.79 Å². The Morgan fingerprint density at radius 1 is 1.06 bits per heavy atom. The summed E-state index contributed by atoms with van der Waals surface area (Å²) in [4.78, 5) is 38.1. The van der Waals surface area contributed by atoms with E-state index in [4.69, 9.17) is 9.84 Å². The molecular weight excluding hydrogens is 448 g/mol. The van der Waals surface area contributed by atoms with Gasteiger partial charge in [0.1, 0.15) is 6.61 Å². The Balaban J connectivity index is 1.36. The van der Waals surface area contributed by atoms with Crippen LogP contribution in [-0.4, -0.2) is 64.9 Å². The first kappa shape index (κ1) is 24.7. The minimum Gasteiger partial charge on any atom is -0.479 e. The summed E-state index contributed by atoms with van der Waals surface area (Å²) in [6.07, 6.45) is -0.124. The maximum Gasteiger partial charge on any atom is 0.407 e. The van der Waals surface area contributed by atoms with Crippen LogP contribution in [0.1, 0.15) is 44.2 Å². The van der Waals surface area contributed by atoms with Crippen LogP contribution in [0.25, 0.3) is 11.1 Å². The Kier molecular flexibility index (Phi) is 6.60. The lowest BCUT2D eigenvalue weighted by Crippen LogP contribution is -2.68. The number of aliphatic hydroxyl groups is 1. The van der Waals surface area contributed by atoms with E-state index in [2.05, 4.69) is 17.4 Å². The summed E-state index contributed by atoms with van der Waals surface area (Å²) < 4.78 is 5.57. The average molecular weight is 481 g/mol. The van der Waals surface area contributed by atoms with Gasteiger partial charge in [-0.15, -0.1) is 0 Å². The number of hydrogen-bond acceptors (Lipinski definition) is 5. The van der Waals surface area contributed by atoms with E-state index in [1.54, 1.807) is 0 Å². The highest BCUT2D eigenvalue weighted by Crippen LogP contribution is 2.44. The van der Waals surface area contributed by atoms with Crippen LogP contribution in [-0.2, 0) is 14.3 Å². The molecule has 1 saturated heterocycles. The highest BCUT2D eigenvalue weighted by molar-refractivity contribution is 5.86. The van der Waals surface area contributed by atoms with Crippen molar-refractivity contribution in [2.24, 2.45) is 11.3 Å². The van der Waals surface area contributed by atoms with Gasteiger partial charge < -0.3 is 25.2 Å². The Bertz CT molecular complexity index is 1090. The number of nitrogens with one attached hydrogen (secondary N) is 1. The van der Waals surface area contributed by atoms with Crippen LogP contribution >= 0.6 is 0 Å². The van der Waals surface area contributed by atoms with Crippen molar-refractivity contribution in [3.8, 4) is 11.1 Å². The van der Waals surface area contributed by atoms with Crippen molar-refractivity contribution in [2.75, 3.05) is 26.2 Å². The van der Waals surface area contributed by atoms with Crippen LogP contribution in [0.15, 0.2) is 48.5 Å². The molecule has 0 spiro atoms. The number of ether oxygens (including phenoxy) is 1. The van der Waals surface area contributed by atoms with E-state index in [0.717, 1.165) is 22.3 Å². The van der Waals surface area contributed by atoms with Gasteiger partial charge in [-0.3, -0.25) is 4.79 Å². The number of nitrogens with zero attached hydrogens (tertiary/aromatic N) is 1. The number of rotatable bonds is 7. The maximum absolute atomic E-state index is 13.0. The predicted octanol–water partition coefficient (Wildman–Crippen LogP) is 3.24. The number of carboxylic acid groups (broad SMARTS) is 1. The Labute approximate surface area is 204 Å². The SMILES string of the molecule is CC(C)(C)CC(CNC(=O)OCC1c2ccccc2-c2ccccc21)C(=O)N1CC(O)(C(=O)O)C1. The molecule has 0 bridgehead atoms. The van der Waals surface area contributed by atoms with E-state index in [1.807, 2.05) is 57.2 Å². The summed E-state index contributed by atoms with van der Waals surface area (Å²) in [6, 6.07) is 16.2. The number of carboxylic acids is 1. The summed E-state index contributed by atoms with van der Waals surface area (Å²) in [6.45, 7) is 5.70. The van der Waals surface area contributed by atoms with Gasteiger partial charge in [-0.05, 0) is 34.1 Å². The molecular formula is C27H32N2O6. The molecule has 1 unspecified atom stereocenters. The number of likely N-dealkylation sites (tertiary alicyclic amines) is 1. The second kappa shape index (κ2) is 9.34. The normalized spacial score (nSPS) is 17.1. The number of carbonyl (C=O) groups is 3. The van der Waals surface area contributed by atoms with E-state index in [9.17, 15) is 19.5 Å². The molecule has 1 fully saturated rings. The molecule has 1 atom stereocenters. The number of benzene rings is 2. The lowest BCUT2D eigenvalue weighted by Gasteiger charge is -2.45. The molecule has 0 aromatic heterocycles. The molecule has 8 heteroatoms. The maximum atomic E-state index is 13.0. The second-order valence-corrected chi connectivity index (χ2v) is 10.7. The van der Waals surface area contributed by atoms with Crippen LogP contribution in [0.3, 0.4) is 0 Å². The lowest BCUT2D eigenvalue weighted by atomic mass is 9.82. The number of amides is 2. The van der Waals surface area contributed by atoms with Gasteiger partial charge in [0.05, 0.1) is 19.0 Å². The predicted molar refractivity (Wildman–Crippen MR) is 130 cm³/mol. The van der Waals surface area contributed by atoms with Crippen molar-refractivity contribution in [1.82, 2.24) is 10.2 Å². The minimum atomic E-state index is -1.90. The Morgan fingerprint density at radius 3 is 2.11 bits per heavy atom. The van der Waals surface area contributed by atoms with E-state index in [1.165, 1.54) is 4.90 Å². The van der Waals surface area contributed by atoms with Crippen LogP contribution in [0.5, 0.6) is 0 Å². The largest absolute Gasteiger partial charge is 0.479 e. The third-order valence-corrected chi connectivity index (χ3v) is 6.66. The lowest BCUT2D eigenvalue weighted by molar-refractivity contribution is -0.183. The van der Waals surface area contributed by atoms with E-state index < -0.39 is 23.6 Å². The third-order valence-electron chi connectivity index (χ3n) is 6.66. The fraction of sp³-hybridized carbons (Fsp3) is 0.444. The number of carbonyl (C=O) groups excluding carboxylic acids is 2. The summed E-state index contributed by atoms with van der Waals surface area (Å²) in [5.41, 5.74) is 2.42.